The van der Waals surface area contributed by atoms with Crippen molar-refractivity contribution in [1.82, 2.24) is 19.7 Å². The number of fused-ring (bicyclic) bond motifs is 1. The number of methoxy groups -OCH3 is 1. The summed E-state index contributed by atoms with van der Waals surface area (Å²) in [5.41, 5.74) is 1.63. The van der Waals surface area contributed by atoms with E-state index in [-0.39, 0.29) is 11.7 Å². The van der Waals surface area contributed by atoms with E-state index in [0.29, 0.717) is 22.6 Å². The topological polar surface area (TPSA) is 91.2 Å². The van der Waals surface area contributed by atoms with Crippen molar-refractivity contribution in [2.75, 3.05) is 24.8 Å². The highest BCUT2D eigenvalue weighted by Gasteiger charge is 2.14. The summed E-state index contributed by atoms with van der Waals surface area (Å²) in [4.78, 5) is 16.9. The molecular weight excluding hydrogens is 422 g/mol. The molecule has 30 heavy (non-hydrogen) atoms. The van der Waals surface area contributed by atoms with Crippen LogP contribution in [0, 0.1) is 0 Å². The van der Waals surface area contributed by atoms with E-state index in [0.717, 1.165) is 21.7 Å². The molecule has 2 aromatic heterocycles. The average Bonchev–Trinajstić information content (AvgIpc) is 3.38. The number of para-hydroxylation sites is 2. The molecule has 4 aromatic rings. The third-order valence-electron chi connectivity index (χ3n) is 4.11. The SMILES string of the molecule is CCOc1ccc2nc(NC(=O)CSc3nncn3-c3ccccc3OC)sc2c1. The summed E-state index contributed by atoms with van der Waals surface area (Å²) in [6.07, 6.45) is 1.60. The molecule has 0 radical (unpaired) electrons. The highest BCUT2D eigenvalue weighted by molar-refractivity contribution is 7.99. The minimum atomic E-state index is -0.168. The molecule has 0 saturated carbocycles. The second-order valence-corrected chi connectivity index (χ2v) is 8.05. The largest absolute Gasteiger partial charge is 0.495 e. The van der Waals surface area contributed by atoms with Crippen LogP contribution in [0.15, 0.2) is 53.9 Å². The Morgan fingerprint density at radius 3 is 2.97 bits per heavy atom. The number of thiazole rings is 1. The number of nitrogens with zero attached hydrogens (tertiary/aromatic N) is 4. The first-order chi connectivity index (χ1) is 14.7. The van der Waals surface area contributed by atoms with Crippen LogP contribution in [0.5, 0.6) is 11.5 Å². The van der Waals surface area contributed by atoms with Crippen molar-refractivity contribution in [3.05, 3.63) is 48.8 Å². The number of anilines is 1. The summed E-state index contributed by atoms with van der Waals surface area (Å²) >= 11 is 2.70. The Bertz CT molecular complexity index is 1170. The van der Waals surface area contributed by atoms with Crippen LogP contribution >= 0.6 is 23.1 Å². The lowest BCUT2D eigenvalue weighted by atomic mass is 10.3. The Morgan fingerprint density at radius 2 is 2.13 bits per heavy atom. The zero-order valence-electron chi connectivity index (χ0n) is 16.4. The van der Waals surface area contributed by atoms with Gasteiger partial charge in [-0.25, -0.2) is 4.98 Å². The molecule has 0 bridgehead atoms. The molecule has 0 aliphatic carbocycles. The molecule has 2 heterocycles. The van der Waals surface area contributed by atoms with Gasteiger partial charge >= 0.3 is 0 Å². The molecule has 1 amide bonds. The van der Waals surface area contributed by atoms with Crippen molar-refractivity contribution < 1.29 is 14.3 Å². The Hall–Kier alpha value is -3.11. The number of carbonyl (C=O) groups excluding carboxylic acids is 1. The fourth-order valence-corrected chi connectivity index (χ4v) is 4.45. The Kier molecular flexibility index (Phi) is 6.15. The van der Waals surface area contributed by atoms with E-state index < -0.39 is 0 Å². The zero-order chi connectivity index (χ0) is 20.9. The Balaban J connectivity index is 1.42. The number of rotatable bonds is 8. The first-order valence-electron chi connectivity index (χ1n) is 9.17. The first kappa shape index (κ1) is 20.2. The van der Waals surface area contributed by atoms with Crippen LogP contribution < -0.4 is 14.8 Å². The van der Waals surface area contributed by atoms with Crippen LogP contribution in [0.1, 0.15) is 6.92 Å². The van der Waals surface area contributed by atoms with E-state index >= 15 is 0 Å². The number of ether oxygens (including phenoxy) is 2. The molecule has 8 nitrogen and oxygen atoms in total. The number of amides is 1. The number of hydrogen-bond donors (Lipinski definition) is 1. The smallest absolute Gasteiger partial charge is 0.236 e. The summed E-state index contributed by atoms with van der Waals surface area (Å²) in [5, 5.41) is 12.1. The van der Waals surface area contributed by atoms with Crippen LogP contribution in [0.3, 0.4) is 0 Å². The summed E-state index contributed by atoms with van der Waals surface area (Å²) < 4.78 is 13.7. The fraction of sp³-hybridized carbons (Fsp3) is 0.200. The quantitative estimate of drug-likeness (QED) is 0.413. The van der Waals surface area contributed by atoms with Crippen molar-refractivity contribution in [3.63, 3.8) is 0 Å². The van der Waals surface area contributed by atoms with Crippen molar-refractivity contribution in [2.24, 2.45) is 0 Å². The first-order valence-corrected chi connectivity index (χ1v) is 11.0. The predicted molar refractivity (Wildman–Crippen MR) is 118 cm³/mol. The van der Waals surface area contributed by atoms with Gasteiger partial charge < -0.3 is 14.8 Å². The summed E-state index contributed by atoms with van der Waals surface area (Å²) in [6.45, 7) is 2.54. The molecule has 0 unspecified atom stereocenters. The molecule has 10 heteroatoms. The number of aromatic nitrogens is 4. The monoisotopic (exact) mass is 441 g/mol. The summed E-state index contributed by atoms with van der Waals surface area (Å²) in [5.74, 6) is 1.49. The van der Waals surface area contributed by atoms with E-state index in [4.69, 9.17) is 9.47 Å². The number of nitrogens with one attached hydrogen (secondary N) is 1. The molecular formula is C20H19N5O3S2. The highest BCUT2D eigenvalue weighted by atomic mass is 32.2. The molecule has 0 spiro atoms. The van der Waals surface area contributed by atoms with Gasteiger partial charge in [0.1, 0.15) is 17.8 Å². The normalized spacial score (nSPS) is 10.9. The van der Waals surface area contributed by atoms with Crippen LogP contribution in [0.4, 0.5) is 5.13 Å². The second kappa shape index (κ2) is 9.14. The minimum absolute atomic E-state index is 0.168. The van der Waals surface area contributed by atoms with Crippen LogP contribution in [-0.4, -0.2) is 45.1 Å². The van der Waals surface area contributed by atoms with Crippen molar-refractivity contribution in [1.29, 1.82) is 0 Å². The van der Waals surface area contributed by atoms with Gasteiger partial charge in [0, 0.05) is 0 Å². The maximum atomic E-state index is 12.5. The maximum Gasteiger partial charge on any atom is 0.236 e. The van der Waals surface area contributed by atoms with Gasteiger partial charge in [-0.1, -0.05) is 35.2 Å². The van der Waals surface area contributed by atoms with Gasteiger partial charge in [-0.2, -0.15) is 0 Å². The molecule has 0 fully saturated rings. The Labute approximate surface area is 181 Å². The standard InChI is InChI=1S/C20H19N5O3S2/c1-3-28-13-8-9-14-17(10-13)30-19(22-14)23-18(26)11-29-20-24-21-12-25(20)15-6-4-5-7-16(15)27-2/h4-10,12H,3,11H2,1-2H3,(H,22,23,26). The lowest BCUT2D eigenvalue weighted by Gasteiger charge is -2.10. The van der Waals surface area contributed by atoms with E-state index in [2.05, 4.69) is 20.5 Å². The van der Waals surface area contributed by atoms with Gasteiger partial charge in [0.2, 0.25) is 5.91 Å². The molecule has 0 atom stereocenters. The third-order valence-corrected chi connectivity index (χ3v) is 5.99. The number of carbonyl (C=O) groups is 1. The van der Waals surface area contributed by atoms with E-state index in [9.17, 15) is 4.79 Å². The molecule has 0 saturated heterocycles. The van der Waals surface area contributed by atoms with Crippen LogP contribution in [0.25, 0.3) is 15.9 Å². The van der Waals surface area contributed by atoms with Gasteiger partial charge in [-0.3, -0.25) is 9.36 Å². The van der Waals surface area contributed by atoms with E-state index in [1.165, 1.54) is 23.1 Å². The predicted octanol–water partition coefficient (Wildman–Crippen LogP) is 4.02. The van der Waals surface area contributed by atoms with Gasteiger partial charge in [0.05, 0.1) is 35.4 Å². The summed E-state index contributed by atoms with van der Waals surface area (Å²) in [7, 11) is 1.61. The number of thioether (sulfide) groups is 1. The number of benzene rings is 2. The lowest BCUT2D eigenvalue weighted by molar-refractivity contribution is -0.113. The molecule has 4 rings (SSSR count). The van der Waals surface area contributed by atoms with Crippen molar-refractivity contribution >= 4 is 44.4 Å². The number of hydrogen-bond acceptors (Lipinski definition) is 8. The maximum absolute atomic E-state index is 12.5. The Morgan fingerprint density at radius 1 is 1.27 bits per heavy atom. The van der Waals surface area contributed by atoms with Crippen molar-refractivity contribution in [2.45, 2.75) is 12.1 Å². The van der Waals surface area contributed by atoms with Crippen LogP contribution in [0.2, 0.25) is 0 Å². The van der Waals surface area contributed by atoms with E-state index in [1.807, 2.05) is 49.4 Å². The zero-order valence-corrected chi connectivity index (χ0v) is 18.0. The highest BCUT2D eigenvalue weighted by Crippen LogP contribution is 2.30. The van der Waals surface area contributed by atoms with Gasteiger partial charge in [-0.15, -0.1) is 10.2 Å². The third kappa shape index (κ3) is 4.39. The molecule has 2 aromatic carbocycles. The van der Waals surface area contributed by atoms with E-state index in [1.54, 1.807) is 18.0 Å². The molecule has 1 N–H and O–H groups in total. The van der Waals surface area contributed by atoms with Crippen LogP contribution in [-0.2, 0) is 4.79 Å². The second-order valence-electron chi connectivity index (χ2n) is 6.07. The molecule has 0 aliphatic rings. The van der Waals surface area contributed by atoms with Gasteiger partial charge in [-0.05, 0) is 37.3 Å². The average molecular weight is 442 g/mol. The lowest BCUT2D eigenvalue weighted by Crippen LogP contribution is -2.14. The molecule has 154 valence electrons. The van der Waals surface area contributed by atoms with Crippen molar-refractivity contribution in [3.8, 4) is 17.2 Å². The molecule has 0 aliphatic heterocycles. The minimum Gasteiger partial charge on any atom is -0.495 e. The fourth-order valence-electron chi connectivity index (χ4n) is 2.82. The van der Waals surface area contributed by atoms with Gasteiger partial charge in [0.25, 0.3) is 0 Å². The summed E-state index contributed by atoms with van der Waals surface area (Å²) in [6, 6.07) is 13.3. The van der Waals surface area contributed by atoms with Gasteiger partial charge in [0.15, 0.2) is 10.3 Å².